The summed E-state index contributed by atoms with van der Waals surface area (Å²) < 4.78 is 0. The lowest BCUT2D eigenvalue weighted by atomic mass is 9.88. The van der Waals surface area contributed by atoms with Gasteiger partial charge in [-0.2, -0.15) is 0 Å². The number of aliphatic hydroxyl groups excluding tert-OH is 1. The fourth-order valence-corrected chi connectivity index (χ4v) is 5.79. The highest BCUT2D eigenvalue weighted by molar-refractivity contribution is 6.02. The van der Waals surface area contributed by atoms with Crippen molar-refractivity contribution < 1.29 is 5.11 Å². The molecule has 194 valence electrons. The minimum atomic E-state index is -0.688. The molecule has 3 N–H and O–H groups in total. The van der Waals surface area contributed by atoms with Gasteiger partial charge in [-0.1, -0.05) is 12.2 Å². The number of dihydropyridines is 1. The van der Waals surface area contributed by atoms with Crippen molar-refractivity contribution in [3.05, 3.63) is 59.5 Å². The smallest absolute Gasteiger partial charge is 0.148 e. The van der Waals surface area contributed by atoms with Gasteiger partial charge in [0.25, 0.3) is 0 Å². The predicted molar refractivity (Wildman–Crippen MR) is 153 cm³/mol. The number of aliphatic hydroxyl groups is 1. The number of anilines is 2. The summed E-state index contributed by atoms with van der Waals surface area (Å²) in [5, 5.41) is 19.5. The van der Waals surface area contributed by atoms with Gasteiger partial charge < -0.3 is 25.5 Å². The van der Waals surface area contributed by atoms with E-state index in [1.807, 2.05) is 20.0 Å². The maximum atomic E-state index is 10.6. The monoisotopic (exact) mass is 489 g/mol. The summed E-state index contributed by atoms with van der Waals surface area (Å²) in [5.41, 5.74) is 6.44. The zero-order chi connectivity index (χ0) is 26.0. The van der Waals surface area contributed by atoms with E-state index >= 15 is 0 Å². The molecule has 4 rings (SSSR count). The topological polar surface area (TPSA) is 63.7 Å². The Kier molecular flexibility index (Phi) is 8.06. The molecule has 2 heterocycles. The van der Waals surface area contributed by atoms with E-state index in [0.717, 1.165) is 45.7 Å². The molecule has 1 unspecified atom stereocenters. The SMILES string of the molecule is C=C(C)c1cc(N(CC)C2CCC(N(C)C)CC2)c2ccnc(NCC3=C(C)C=C(C)NC3O)c2c1. The summed E-state index contributed by atoms with van der Waals surface area (Å²) in [7, 11) is 4.40. The number of hydrogen-bond donors (Lipinski definition) is 3. The van der Waals surface area contributed by atoms with E-state index in [0.29, 0.717) is 18.6 Å². The van der Waals surface area contributed by atoms with Crippen LogP contribution >= 0.6 is 0 Å². The molecule has 1 aromatic heterocycles. The van der Waals surface area contributed by atoms with Crippen molar-refractivity contribution in [1.29, 1.82) is 0 Å². The van der Waals surface area contributed by atoms with Gasteiger partial charge in [0, 0.05) is 59.1 Å². The molecule has 1 aliphatic heterocycles. The molecule has 1 aliphatic carbocycles. The first kappa shape index (κ1) is 26.2. The highest BCUT2D eigenvalue weighted by Crippen LogP contribution is 2.37. The molecule has 0 bridgehead atoms. The third-order valence-electron chi connectivity index (χ3n) is 7.92. The van der Waals surface area contributed by atoms with Crippen molar-refractivity contribution in [1.82, 2.24) is 15.2 Å². The minimum absolute atomic E-state index is 0.522. The molecule has 1 aromatic carbocycles. The van der Waals surface area contributed by atoms with Crippen LogP contribution in [0.25, 0.3) is 16.3 Å². The molecule has 6 nitrogen and oxygen atoms in total. The molecular formula is C30H43N5O. The largest absolute Gasteiger partial charge is 0.370 e. The van der Waals surface area contributed by atoms with Crippen LogP contribution < -0.4 is 15.5 Å². The number of nitrogens with one attached hydrogen (secondary N) is 2. The number of hydrogen-bond acceptors (Lipinski definition) is 6. The van der Waals surface area contributed by atoms with Gasteiger partial charge in [-0.05, 0) is 103 Å². The van der Waals surface area contributed by atoms with Crippen LogP contribution in [0, 0.1) is 0 Å². The van der Waals surface area contributed by atoms with Gasteiger partial charge in [-0.3, -0.25) is 0 Å². The summed E-state index contributed by atoms with van der Waals surface area (Å²) in [4.78, 5) is 9.69. The molecule has 1 atom stereocenters. The molecule has 0 saturated heterocycles. The maximum absolute atomic E-state index is 10.6. The fourth-order valence-electron chi connectivity index (χ4n) is 5.79. The second-order valence-corrected chi connectivity index (χ2v) is 10.7. The highest BCUT2D eigenvalue weighted by Gasteiger charge is 2.28. The van der Waals surface area contributed by atoms with Gasteiger partial charge in [0.1, 0.15) is 12.0 Å². The molecule has 0 spiro atoms. The summed E-state index contributed by atoms with van der Waals surface area (Å²) >= 11 is 0. The Hall–Kier alpha value is -2.83. The van der Waals surface area contributed by atoms with Crippen molar-refractivity contribution in [2.75, 3.05) is 37.4 Å². The number of aromatic nitrogens is 1. The van der Waals surface area contributed by atoms with Crippen molar-refractivity contribution in [2.45, 2.75) is 71.7 Å². The number of benzene rings is 1. The van der Waals surface area contributed by atoms with Crippen molar-refractivity contribution in [3.63, 3.8) is 0 Å². The van der Waals surface area contributed by atoms with E-state index in [-0.39, 0.29) is 0 Å². The lowest BCUT2D eigenvalue weighted by molar-refractivity contribution is 0.181. The van der Waals surface area contributed by atoms with Gasteiger partial charge in [-0.25, -0.2) is 4.98 Å². The Labute approximate surface area is 216 Å². The number of rotatable bonds is 8. The van der Waals surface area contributed by atoms with Crippen LogP contribution in [-0.4, -0.2) is 60.5 Å². The number of pyridine rings is 1. The van der Waals surface area contributed by atoms with E-state index in [4.69, 9.17) is 4.98 Å². The Morgan fingerprint density at radius 1 is 1.14 bits per heavy atom. The third-order valence-corrected chi connectivity index (χ3v) is 7.92. The first-order valence-corrected chi connectivity index (χ1v) is 13.3. The Balaban J connectivity index is 1.70. The first-order chi connectivity index (χ1) is 17.2. The molecule has 2 aromatic rings. The zero-order valence-corrected chi connectivity index (χ0v) is 22.9. The average Bonchev–Trinajstić information content (AvgIpc) is 2.84. The summed E-state index contributed by atoms with van der Waals surface area (Å²) in [6, 6.07) is 7.86. The number of fused-ring (bicyclic) bond motifs is 1. The minimum Gasteiger partial charge on any atom is -0.370 e. The quantitative estimate of drug-likeness (QED) is 0.454. The third kappa shape index (κ3) is 5.45. The van der Waals surface area contributed by atoms with Gasteiger partial charge in [0.2, 0.25) is 0 Å². The van der Waals surface area contributed by atoms with Gasteiger partial charge in [0.15, 0.2) is 0 Å². The Bertz CT molecular complexity index is 1170. The first-order valence-electron chi connectivity index (χ1n) is 13.3. The van der Waals surface area contributed by atoms with E-state index in [1.54, 1.807) is 0 Å². The number of nitrogens with zero attached hydrogens (tertiary/aromatic N) is 3. The lowest BCUT2D eigenvalue weighted by Gasteiger charge is -2.40. The van der Waals surface area contributed by atoms with E-state index < -0.39 is 6.23 Å². The maximum Gasteiger partial charge on any atom is 0.148 e. The van der Waals surface area contributed by atoms with Gasteiger partial charge in [0.05, 0.1) is 0 Å². The van der Waals surface area contributed by atoms with Gasteiger partial charge >= 0.3 is 0 Å². The fraction of sp³-hybridized carbons (Fsp3) is 0.500. The van der Waals surface area contributed by atoms with Gasteiger partial charge in [-0.15, -0.1) is 0 Å². The lowest BCUT2D eigenvalue weighted by Crippen LogP contribution is -2.42. The molecule has 1 saturated carbocycles. The van der Waals surface area contributed by atoms with Crippen LogP contribution in [0.4, 0.5) is 11.5 Å². The van der Waals surface area contributed by atoms with Crippen LogP contribution in [0.5, 0.6) is 0 Å². The van der Waals surface area contributed by atoms with Crippen molar-refractivity contribution in [3.8, 4) is 0 Å². The Morgan fingerprint density at radius 2 is 1.83 bits per heavy atom. The molecule has 1 fully saturated rings. The summed E-state index contributed by atoms with van der Waals surface area (Å²) in [6.07, 6.45) is 8.16. The second kappa shape index (κ2) is 11.1. The molecule has 6 heteroatoms. The molecular weight excluding hydrogens is 446 g/mol. The van der Waals surface area contributed by atoms with E-state index in [2.05, 4.69) is 79.2 Å². The van der Waals surface area contributed by atoms with Crippen LogP contribution in [0.1, 0.15) is 58.9 Å². The van der Waals surface area contributed by atoms with Crippen LogP contribution in [0.15, 0.2) is 53.9 Å². The highest BCUT2D eigenvalue weighted by atomic mass is 16.3. The van der Waals surface area contributed by atoms with Crippen LogP contribution in [0.2, 0.25) is 0 Å². The number of allylic oxidation sites excluding steroid dienone is 4. The predicted octanol–water partition coefficient (Wildman–Crippen LogP) is 5.52. The van der Waals surface area contributed by atoms with Crippen LogP contribution in [0.3, 0.4) is 0 Å². The molecule has 2 aliphatic rings. The zero-order valence-electron chi connectivity index (χ0n) is 22.9. The standard InChI is InChI=1S/C30H43N5O/c1-8-35(24-11-9-23(10-12-24)34(6)7)28-17-22(19(2)3)16-26-25(28)13-14-31-29(26)32-18-27-20(4)15-21(5)33-30(27)36/h13-17,23-24,30,33,36H,2,8-12,18H2,1,3-7H3,(H,31,32). The van der Waals surface area contributed by atoms with Crippen molar-refractivity contribution >= 4 is 27.9 Å². The summed E-state index contributed by atoms with van der Waals surface area (Å²) in [6.45, 7) is 14.1. The Morgan fingerprint density at radius 3 is 2.44 bits per heavy atom. The molecule has 36 heavy (non-hydrogen) atoms. The normalized spacial score (nSPS) is 22.4. The average molecular weight is 490 g/mol. The van der Waals surface area contributed by atoms with Crippen LogP contribution in [-0.2, 0) is 0 Å². The molecule has 0 amide bonds. The second-order valence-electron chi connectivity index (χ2n) is 10.7. The van der Waals surface area contributed by atoms with E-state index in [9.17, 15) is 5.11 Å². The van der Waals surface area contributed by atoms with Crippen molar-refractivity contribution in [2.24, 2.45) is 0 Å². The summed E-state index contributed by atoms with van der Waals surface area (Å²) in [5.74, 6) is 0.836. The molecule has 0 radical (unpaired) electrons. The van der Waals surface area contributed by atoms with E-state index in [1.165, 1.54) is 36.8 Å².